The van der Waals surface area contributed by atoms with Gasteiger partial charge in [0.1, 0.15) is 0 Å². The van der Waals surface area contributed by atoms with Gasteiger partial charge in [0.25, 0.3) is 0 Å². The largest absolute Gasteiger partial charge is 0.492 e. The predicted molar refractivity (Wildman–Crippen MR) is 88.6 cm³/mol. The lowest BCUT2D eigenvalue weighted by Gasteiger charge is -2.43. The first-order valence-electron chi connectivity index (χ1n) is 8.22. The van der Waals surface area contributed by atoms with Crippen LogP contribution < -0.4 is 14.2 Å². The first kappa shape index (κ1) is 14.1. The fourth-order valence-corrected chi connectivity index (χ4v) is 4.42. The molecule has 3 aliphatic rings. The van der Waals surface area contributed by atoms with E-state index in [1.807, 2.05) is 24.3 Å². The first-order chi connectivity index (χ1) is 11.7. The van der Waals surface area contributed by atoms with Crippen LogP contribution in [0.25, 0.3) is 11.1 Å². The third-order valence-corrected chi connectivity index (χ3v) is 5.45. The van der Waals surface area contributed by atoms with Crippen molar-refractivity contribution in [2.75, 3.05) is 27.5 Å². The molecule has 1 N–H and O–H groups in total. The van der Waals surface area contributed by atoms with Gasteiger partial charge in [0.15, 0.2) is 11.5 Å². The second-order valence-corrected chi connectivity index (χ2v) is 6.57. The first-order valence-corrected chi connectivity index (χ1v) is 8.22. The van der Waals surface area contributed by atoms with Gasteiger partial charge in [-0.2, -0.15) is 0 Å². The van der Waals surface area contributed by atoms with E-state index in [0.717, 1.165) is 52.3 Å². The standard InChI is InChI=1S/C19H19NO4/c1-20-8-7-12-13-14(18-19(17(12)22-2)24-9-23-18)10-5-3-4-6-11(10)16(21)15(13)20/h3-6,15-16,21H,7-9H2,1-2H3/t15-,16-/m0/s1. The summed E-state index contributed by atoms with van der Waals surface area (Å²) in [6.45, 7) is 1.07. The van der Waals surface area contributed by atoms with E-state index in [2.05, 4.69) is 11.9 Å². The van der Waals surface area contributed by atoms with E-state index < -0.39 is 6.10 Å². The molecule has 5 nitrogen and oxygen atoms in total. The summed E-state index contributed by atoms with van der Waals surface area (Å²) in [4.78, 5) is 2.22. The van der Waals surface area contributed by atoms with Crippen molar-refractivity contribution in [3.63, 3.8) is 0 Å². The lowest BCUT2D eigenvalue weighted by Crippen LogP contribution is -2.38. The minimum Gasteiger partial charge on any atom is -0.492 e. The third kappa shape index (κ3) is 1.61. The minimum absolute atomic E-state index is 0.0953. The molecule has 0 unspecified atom stereocenters. The van der Waals surface area contributed by atoms with Crippen LogP contribution in [-0.2, 0) is 6.42 Å². The Morgan fingerprint density at radius 2 is 2.00 bits per heavy atom. The Morgan fingerprint density at radius 3 is 2.83 bits per heavy atom. The van der Waals surface area contributed by atoms with Gasteiger partial charge in [-0.1, -0.05) is 24.3 Å². The smallest absolute Gasteiger partial charge is 0.231 e. The molecule has 0 radical (unpaired) electrons. The molecule has 24 heavy (non-hydrogen) atoms. The number of ether oxygens (including phenoxy) is 3. The van der Waals surface area contributed by atoms with E-state index in [9.17, 15) is 5.11 Å². The van der Waals surface area contributed by atoms with Crippen LogP contribution in [0.3, 0.4) is 0 Å². The van der Waals surface area contributed by atoms with Crippen LogP contribution in [0.5, 0.6) is 17.2 Å². The topological polar surface area (TPSA) is 51.2 Å². The lowest BCUT2D eigenvalue weighted by molar-refractivity contribution is 0.0539. The molecule has 0 bridgehead atoms. The Bertz CT molecular complexity index is 848. The number of benzene rings is 2. The molecule has 2 aliphatic heterocycles. The third-order valence-electron chi connectivity index (χ3n) is 5.45. The molecule has 5 heteroatoms. The molecule has 0 amide bonds. The number of hydrogen-bond acceptors (Lipinski definition) is 5. The number of nitrogens with zero attached hydrogens (tertiary/aromatic N) is 1. The fourth-order valence-electron chi connectivity index (χ4n) is 4.42. The molecule has 2 atom stereocenters. The van der Waals surface area contributed by atoms with Gasteiger partial charge in [-0.15, -0.1) is 0 Å². The molecule has 2 heterocycles. The van der Waals surface area contributed by atoms with E-state index in [0.29, 0.717) is 5.75 Å². The number of fused-ring (bicyclic) bond motifs is 4. The molecule has 5 rings (SSSR count). The molecule has 0 spiro atoms. The van der Waals surface area contributed by atoms with Crippen molar-refractivity contribution in [1.82, 2.24) is 4.90 Å². The van der Waals surface area contributed by atoms with Gasteiger partial charge in [0.05, 0.1) is 19.3 Å². The zero-order chi connectivity index (χ0) is 16.4. The second-order valence-electron chi connectivity index (χ2n) is 6.57. The van der Waals surface area contributed by atoms with Gasteiger partial charge < -0.3 is 19.3 Å². The van der Waals surface area contributed by atoms with Crippen molar-refractivity contribution in [2.24, 2.45) is 0 Å². The van der Waals surface area contributed by atoms with Crippen molar-refractivity contribution in [3.8, 4) is 28.4 Å². The molecule has 0 saturated heterocycles. The minimum atomic E-state index is -0.567. The van der Waals surface area contributed by atoms with Crippen molar-refractivity contribution in [3.05, 3.63) is 41.0 Å². The van der Waals surface area contributed by atoms with E-state index in [1.54, 1.807) is 7.11 Å². The Morgan fingerprint density at radius 1 is 1.21 bits per heavy atom. The Hall–Kier alpha value is -2.24. The Labute approximate surface area is 140 Å². The maximum atomic E-state index is 11.1. The van der Waals surface area contributed by atoms with Gasteiger partial charge in [-0.05, 0) is 30.2 Å². The zero-order valence-electron chi connectivity index (χ0n) is 13.7. The Balaban J connectivity index is 1.93. The second kappa shape index (κ2) is 4.88. The summed E-state index contributed by atoms with van der Waals surface area (Å²) in [5.74, 6) is 2.19. The number of methoxy groups -OCH3 is 1. The van der Waals surface area contributed by atoms with Crippen molar-refractivity contribution in [2.45, 2.75) is 18.6 Å². The van der Waals surface area contributed by atoms with Gasteiger partial charge in [0.2, 0.25) is 12.5 Å². The normalized spacial score (nSPS) is 23.6. The average Bonchev–Trinajstić information content (AvgIpc) is 3.08. The van der Waals surface area contributed by atoms with Gasteiger partial charge in [0, 0.05) is 17.7 Å². The molecule has 0 aromatic heterocycles. The number of aliphatic hydroxyl groups excluding tert-OH is 1. The van der Waals surface area contributed by atoms with Crippen LogP contribution in [0.2, 0.25) is 0 Å². The number of aliphatic hydroxyl groups is 1. The highest BCUT2D eigenvalue weighted by molar-refractivity contribution is 5.86. The average molecular weight is 325 g/mol. The van der Waals surface area contributed by atoms with Crippen molar-refractivity contribution >= 4 is 0 Å². The van der Waals surface area contributed by atoms with E-state index >= 15 is 0 Å². The highest BCUT2D eigenvalue weighted by Gasteiger charge is 2.44. The summed E-state index contributed by atoms with van der Waals surface area (Å²) < 4.78 is 17.3. The van der Waals surface area contributed by atoms with Gasteiger partial charge in [-0.3, -0.25) is 4.90 Å². The lowest BCUT2D eigenvalue weighted by atomic mass is 9.75. The quantitative estimate of drug-likeness (QED) is 0.873. The fraction of sp³-hybridized carbons (Fsp3) is 0.368. The van der Waals surface area contributed by atoms with Gasteiger partial charge >= 0.3 is 0 Å². The van der Waals surface area contributed by atoms with Gasteiger partial charge in [-0.25, -0.2) is 0 Å². The van der Waals surface area contributed by atoms with E-state index in [-0.39, 0.29) is 12.8 Å². The summed E-state index contributed by atoms with van der Waals surface area (Å²) in [6, 6.07) is 7.92. The predicted octanol–water partition coefficient (Wildman–Crippen LogP) is 2.67. The highest BCUT2D eigenvalue weighted by atomic mass is 16.7. The number of rotatable bonds is 1. The van der Waals surface area contributed by atoms with E-state index in [4.69, 9.17) is 14.2 Å². The molecule has 1 aliphatic carbocycles. The molecule has 0 saturated carbocycles. The van der Waals surface area contributed by atoms with Crippen LogP contribution in [0.15, 0.2) is 24.3 Å². The number of hydrogen-bond donors (Lipinski definition) is 1. The number of likely N-dealkylation sites (N-methyl/N-ethyl adjacent to an activating group) is 1. The van der Waals surface area contributed by atoms with Crippen LogP contribution in [0, 0.1) is 0 Å². The molecular weight excluding hydrogens is 306 g/mol. The summed E-state index contributed by atoms with van der Waals surface area (Å²) >= 11 is 0. The van der Waals surface area contributed by atoms with Crippen LogP contribution >= 0.6 is 0 Å². The SMILES string of the molecule is COc1c2c3c(c4c1OCO4)-c1ccccc1[C@H](O)[C@H]3N(C)CC2. The summed E-state index contributed by atoms with van der Waals surface area (Å²) in [7, 11) is 3.73. The van der Waals surface area contributed by atoms with Crippen molar-refractivity contribution < 1.29 is 19.3 Å². The zero-order valence-corrected chi connectivity index (χ0v) is 13.7. The summed E-state index contributed by atoms with van der Waals surface area (Å²) in [6.07, 6.45) is 0.298. The van der Waals surface area contributed by atoms with Crippen LogP contribution in [0.1, 0.15) is 28.8 Å². The van der Waals surface area contributed by atoms with Crippen LogP contribution in [0.4, 0.5) is 0 Å². The summed E-state index contributed by atoms with van der Waals surface area (Å²) in [5.41, 5.74) is 5.27. The molecule has 2 aromatic carbocycles. The van der Waals surface area contributed by atoms with E-state index in [1.165, 1.54) is 0 Å². The maximum absolute atomic E-state index is 11.1. The van der Waals surface area contributed by atoms with Crippen molar-refractivity contribution in [1.29, 1.82) is 0 Å². The molecular formula is C19H19NO4. The monoisotopic (exact) mass is 325 g/mol. The highest BCUT2D eigenvalue weighted by Crippen LogP contribution is 2.60. The molecule has 2 aromatic rings. The Kier molecular flexibility index (Phi) is 2.87. The summed E-state index contributed by atoms with van der Waals surface area (Å²) in [5, 5.41) is 11.1. The molecule has 124 valence electrons. The van der Waals surface area contributed by atoms with Crippen LogP contribution in [-0.4, -0.2) is 37.5 Å². The maximum Gasteiger partial charge on any atom is 0.231 e. The molecule has 0 fully saturated rings.